The molecule has 0 saturated heterocycles. The number of imidazole rings is 1. The predicted octanol–water partition coefficient (Wildman–Crippen LogP) is 14.1. The summed E-state index contributed by atoms with van der Waals surface area (Å²) < 4.78 is 6.64. The average molecular weight is 832 g/mol. The van der Waals surface area contributed by atoms with Gasteiger partial charge in [0, 0.05) is 38.4 Å². The topological polar surface area (TPSA) is 66.3 Å². The summed E-state index contributed by atoms with van der Waals surface area (Å²) in [5.74, 6) is 2.46. The van der Waals surface area contributed by atoms with E-state index in [9.17, 15) is 0 Å². The molecule has 0 atom stereocenters. The summed E-state index contributed by atoms with van der Waals surface area (Å²) in [6.07, 6.45) is 0. The van der Waals surface area contributed by atoms with Gasteiger partial charge < -0.3 is 0 Å². The van der Waals surface area contributed by atoms with Crippen molar-refractivity contribution in [1.82, 2.24) is 33.6 Å². The van der Waals surface area contributed by atoms with Gasteiger partial charge in [-0.25, -0.2) is 4.98 Å². The fourth-order valence-corrected chi connectivity index (χ4v) is 9.72. The summed E-state index contributed by atoms with van der Waals surface area (Å²) in [5.41, 5.74) is 13.4. The monoisotopic (exact) mass is 831 g/mol. The van der Waals surface area contributed by atoms with Gasteiger partial charge in [0.25, 0.3) is 0 Å². The first kappa shape index (κ1) is 36.7. The predicted molar refractivity (Wildman–Crippen MR) is 265 cm³/mol. The van der Waals surface area contributed by atoms with Crippen molar-refractivity contribution in [1.29, 1.82) is 0 Å². The van der Waals surface area contributed by atoms with Crippen LogP contribution in [0.15, 0.2) is 224 Å². The third-order valence-corrected chi connectivity index (χ3v) is 12.5. The molecule has 9 aromatic carbocycles. The quantitative estimate of drug-likeness (QED) is 0.160. The maximum absolute atomic E-state index is 5.50. The van der Waals surface area contributed by atoms with Gasteiger partial charge >= 0.3 is 0 Å². The molecule has 0 aliphatic carbocycles. The first-order valence-electron chi connectivity index (χ1n) is 21.8. The lowest BCUT2D eigenvalue weighted by molar-refractivity contribution is 0.892. The van der Waals surface area contributed by atoms with Gasteiger partial charge in [0.05, 0.1) is 33.1 Å². The van der Waals surface area contributed by atoms with E-state index in [4.69, 9.17) is 19.9 Å². The smallest absolute Gasteiger partial charge is 0.240 e. The van der Waals surface area contributed by atoms with Crippen molar-refractivity contribution in [3.05, 3.63) is 224 Å². The van der Waals surface area contributed by atoms with Crippen LogP contribution in [0.2, 0.25) is 0 Å². The number of para-hydroxylation sites is 4. The van der Waals surface area contributed by atoms with Crippen molar-refractivity contribution in [2.75, 3.05) is 0 Å². The standard InChI is InChI=1S/C58H37N7/c1-4-19-38(20-5-1)43-29-17-35-51-53(43)45-27-10-13-32-48(45)64(51)57-60-55(41-25-16-26-42(37-41)63-50-34-15-12-31-47(50)59-56(63)40-23-8-3-9-24-40)61-58(62-57)65-49-33-14-11-28-46(49)54-44(30-18-36-52(54)65)39-21-6-2-7-22-39/h1-37H. The summed E-state index contributed by atoms with van der Waals surface area (Å²) in [7, 11) is 0. The highest BCUT2D eigenvalue weighted by molar-refractivity contribution is 6.17. The minimum atomic E-state index is 0.523. The number of rotatable bonds is 7. The van der Waals surface area contributed by atoms with E-state index in [1.807, 2.05) is 12.1 Å². The summed E-state index contributed by atoms with van der Waals surface area (Å²) >= 11 is 0. The minimum Gasteiger partial charge on any atom is -0.292 e. The van der Waals surface area contributed by atoms with Crippen LogP contribution in [0, 0.1) is 0 Å². The first-order valence-corrected chi connectivity index (χ1v) is 21.8. The molecule has 7 nitrogen and oxygen atoms in total. The fourth-order valence-electron chi connectivity index (χ4n) is 9.72. The van der Waals surface area contributed by atoms with Gasteiger partial charge in [0.1, 0.15) is 5.82 Å². The van der Waals surface area contributed by atoms with Gasteiger partial charge in [0.2, 0.25) is 11.9 Å². The van der Waals surface area contributed by atoms with Crippen molar-refractivity contribution in [2.24, 2.45) is 0 Å². The summed E-state index contributed by atoms with van der Waals surface area (Å²) in [5, 5.41) is 4.53. The highest BCUT2D eigenvalue weighted by Crippen LogP contribution is 2.41. The van der Waals surface area contributed by atoms with Crippen LogP contribution in [0.25, 0.3) is 117 Å². The Hall–Kier alpha value is -8.94. The summed E-state index contributed by atoms with van der Waals surface area (Å²) in [6.45, 7) is 0. The van der Waals surface area contributed by atoms with Gasteiger partial charge in [-0.05, 0) is 70.8 Å². The van der Waals surface area contributed by atoms with E-state index in [1.54, 1.807) is 0 Å². The Labute approximate surface area is 373 Å². The minimum absolute atomic E-state index is 0.523. The molecule has 7 heteroatoms. The number of hydrogen-bond donors (Lipinski definition) is 0. The highest BCUT2D eigenvalue weighted by atomic mass is 15.3. The van der Waals surface area contributed by atoms with Crippen molar-refractivity contribution >= 4 is 54.6 Å². The van der Waals surface area contributed by atoms with Gasteiger partial charge in [-0.2, -0.15) is 15.0 Å². The van der Waals surface area contributed by atoms with Crippen molar-refractivity contribution in [3.63, 3.8) is 0 Å². The van der Waals surface area contributed by atoms with E-state index in [2.05, 4.69) is 226 Å². The zero-order valence-corrected chi connectivity index (χ0v) is 35.0. The fraction of sp³-hybridized carbons (Fsp3) is 0. The molecule has 0 saturated carbocycles. The first-order chi connectivity index (χ1) is 32.3. The molecular formula is C58H37N7. The molecule has 65 heavy (non-hydrogen) atoms. The molecule has 304 valence electrons. The third-order valence-electron chi connectivity index (χ3n) is 12.5. The maximum Gasteiger partial charge on any atom is 0.240 e. The normalized spacial score (nSPS) is 11.7. The van der Waals surface area contributed by atoms with Crippen molar-refractivity contribution in [2.45, 2.75) is 0 Å². The van der Waals surface area contributed by atoms with Crippen LogP contribution >= 0.6 is 0 Å². The van der Waals surface area contributed by atoms with Gasteiger partial charge in [0.15, 0.2) is 5.82 Å². The zero-order chi connectivity index (χ0) is 42.8. The Morgan fingerprint density at radius 3 is 1.31 bits per heavy atom. The molecule has 0 unspecified atom stereocenters. The molecule has 0 amide bonds. The van der Waals surface area contributed by atoms with E-state index in [0.29, 0.717) is 17.7 Å². The van der Waals surface area contributed by atoms with Crippen molar-refractivity contribution in [3.8, 4) is 62.6 Å². The molecule has 0 radical (unpaired) electrons. The van der Waals surface area contributed by atoms with Crippen molar-refractivity contribution < 1.29 is 0 Å². The molecule has 0 aliphatic rings. The zero-order valence-electron chi connectivity index (χ0n) is 35.0. The molecule has 0 bridgehead atoms. The van der Waals surface area contributed by atoms with E-state index < -0.39 is 0 Å². The molecule has 13 aromatic rings. The molecule has 0 spiro atoms. The Bertz CT molecular complexity index is 3760. The van der Waals surface area contributed by atoms with Crippen LogP contribution in [-0.4, -0.2) is 33.6 Å². The van der Waals surface area contributed by atoms with Crippen LogP contribution in [0.4, 0.5) is 0 Å². The number of benzene rings is 9. The molecular weight excluding hydrogens is 795 g/mol. The van der Waals surface area contributed by atoms with E-state index in [0.717, 1.165) is 99.5 Å². The van der Waals surface area contributed by atoms with Gasteiger partial charge in [-0.1, -0.05) is 176 Å². The largest absolute Gasteiger partial charge is 0.292 e. The Morgan fingerprint density at radius 2 is 0.738 bits per heavy atom. The van der Waals surface area contributed by atoms with E-state index >= 15 is 0 Å². The van der Waals surface area contributed by atoms with Crippen LogP contribution in [0.1, 0.15) is 0 Å². The highest BCUT2D eigenvalue weighted by Gasteiger charge is 2.23. The lowest BCUT2D eigenvalue weighted by atomic mass is 9.99. The lowest BCUT2D eigenvalue weighted by Gasteiger charge is -2.14. The number of hydrogen-bond acceptors (Lipinski definition) is 4. The molecule has 4 heterocycles. The Kier molecular flexibility index (Phi) is 8.39. The second-order valence-corrected chi connectivity index (χ2v) is 16.3. The van der Waals surface area contributed by atoms with Crippen LogP contribution in [-0.2, 0) is 0 Å². The van der Waals surface area contributed by atoms with Crippen LogP contribution in [0.3, 0.4) is 0 Å². The molecule has 4 aromatic heterocycles. The average Bonchev–Trinajstić information content (AvgIpc) is 4.05. The van der Waals surface area contributed by atoms with Crippen LogP contribution in [0.5, 0.6) is 0 Å². The summed E-state index contributed by atoms with van der Waals surface area (Å²) in [6, 6.07) is 78.4. The Balaban J connectivity index is 1.10. The van der Waals surface area contributed by atoms with E-state index in [1.165, 1.54) is 0 Å². The van der Waals surface area contributed by atoms with Gasteiger partial charge in [-0.3, -0.25) is 13.7 Å². The number of aromatic nitrogens is 7. The van der Waals surface area contributed by atoms with Crippen LogP contribution < -0.4 is 0 Å². The van der Waals surface area contributed by atoms with E-state index in [-0.39, 0.29) is 0 Å². The van der Waals surface area contributed by atoms with Gasteiger partial charge in [-0.15, -0.1) is 0 Å². The SMILES string of the molecule is c1ccc(-c2cccc3c2c2ccccc2n3-c2nc(-c3cccc(-n4c(-c5ccccc5)nc5ccccc54)c3)nc(-n3c4ccccc4c4c(-c5ccccc5)cccc43)n2)cc1. The molecule has 0 fully saturated rings. The molecule has 13 rings (SSSR count). The Morgan fingerprint density at radius 1 is 0.292 bits per heavy atom. The second-order valence-electron chi connectivity index (χ2n) is 16.3. The molecule has 0 aliphatic heterocycles. The number of nitrogens with zero attached hydrogens (tertiary/aromatic N) is 7. The molecule has 0 N–H and O–H groups in total. The second kappa shape index (κ2) is 14.9. The lowest BCUT2D eigenvalue weighted by Crippen LogP contribution is -2.10. The third kappa shape index (κ3) is 5.90. The number of fused-ring (bicyclic) bond motifs is 7. The summed E-state index contributed by atoms with van der Waals surface area (Å²) in [4.78, 5) is 21.6. The maximum atomic E-state index is 5.50.